The van der Waals surface area contributed by atoms with E-state index in [-0.39, 0.29) is 5.92 Å². The van der Waals surface area contributed by atoms with E-state index in [1.807, 2.05) is 0 Å². The number of rotatable bonds is 3. The van der Waals surface area contributed by atoms with Gasteiger partial charge in [-0.15, -0.1) is 0 Å². The fourth-order valence-electron chi connectivity index (χ4n) is 3.54. The van der Waals surface area contributed by atoms with Crippen molar-refractivity contribution in [3.8, 4) is 0 Å². The van der Waals surface area contributed by atoms with Crippen molar-refractivity contribution < 1.29 is 23.1 Å². The normalized spacial score (nSPS) is 22.4. The molecule has 138 valence electrons. The molecule has 5 nitrogen and oxygen atoms in total. The molecule has 0 spiro atoms. The number of carbonyl (C=O) groups excluding carboxylic acids is 1. The number of carboxylic acid groups (broad SMARTS) is 1. The van der Waals surface area contributed by atoms with Gasteiger partial charge in [0.25, 0.3) is 0 Å². The summed E-state index contributed by atoms with van der Waals surface area (Å²) in [7, 11) is 0. The molecule has 2 saturated heterocycles. The lowest BCUT2D eigenvalue weighted by atomic mass is 9.91. The Kier molecular flexibility index (Phi) is 5.19. The van der Waals surface area contributed by atoms with Crippen LogP contribution in [0, 0.1) is 0 Å². The Morgan fingerprint density at radius 3 is 2.52 bits per heavy atom. The largest absolute Gasteiger partial charge is 0.530 e. The number of halogens is 3. The molecule has 1 amide bonds. The highest BCUT2D eigenvalue weighted by atomic mass is 19.4. The molecule has 25 heavy (non-hydrogen) atoms. The summed E-state index contributed by atoms with van der Waals surface area (Å²) < 4.78 is 39.2. The highest BCUT2D eigenvalue weighted by molar-refractivity contribution is 5.62. The molecule has 0 saturated carbocycles. The fourth-order valence-corrected chi connectivity index (χ4v) is 3.54. The maximum Gasteiger partial charge on any atom is 0.416 e. The number of alkyl halides is 3. The molecule has 1 unspecified atom stereocenters. The molecule has 0 aliphatic carbocycles. The summed E-state index contributed by atoms with van der Waals surface area (Å²) in [6.07, 6.45) is -4.70. The monoisotopic (exact) mass is 356 g/mol. The molecular weight excluding hydrogens is 335 g/mol. The number of benzene rings is 1. The topological polar surface area (TPSA) is 58.6 Å². The lowest BCUT2D eigenvalue weighted by Crippen LogP contribution is -2.52. The number of carbonyl (C=O) groups is 1. The molecule has 2 aliphatic heterocycles. The van der Waals surface area contributed by atoms with Crippen LogP contribution in [0.2, 0.25) is 0 Å². The minimum atomic E-state index is -4.35. The molecule has 0 bridgehead atoms. The zero-order chi connectivity index (χ0) is 18.0. The van der Waals surface area contributed by atoms with Gasteiger partial charge in [0.2, 0.25) is 0 Å². The van der Waals surface area contributed by atoms with E-state index in [4.69, 9.17) is 0 Å². The Balaban J connectivity index is 1.77. The van der Waals surface area contributed by atoms with Gasteiger partial charge >= 0.3 is 6.18 Å². The Labute approximate surface area is 144 Å². The lowest BCUT2D eigenvalue weighted by molar-refractivity contribution is -0.266. The van der Waals surface area contributed by atoms with Crippen LogP contribution in [0.4, 0.5) is 18.0 Å². The summed E-state index contributed by atoms with van der Waals surface area (Å²) in [5.41, 5.74) is 1.03. The van der Waals surface area contributed by atoms with Crippen molar-refractivity contribution in [2.45, 2.75) is 25.1 Å². The summed E-state index contributed by atoms with van der Waals surface area (Å²) in [5.74, 6) is 0.0850. The average Bonchev–Trinajstić information content (AvgIpc) is 3.09. The number of piperazine rings is 1. The minimum Gasteiger partial charge on any atom is -0.530 e. The highest BCUT2D eigenvalue weighted by Crippen LogP contribution is 2.34. The van der Waals surface area contributed by atoms with Gasteiger partial charge in [-0.3, -0.25) is 4.90 Å². The molecule has 2 heterocycles. The van der Waals surface area contributed by atoms with Gasteiger partial charge in [0.1, 0.15) is 6.09 Å². The predicted octanol–water partition coefficient (Wildman–Crippen LogP) is 1.24. The van der Waals surface area contributed by atoms with Crippen molar-refractivity contribution >= 4 is 6.09 Å². The third-order valence-electron chi connectivity index (χ3n) is 5.00. The zero-order valence-corrected chi connectivity index (χ0v) is 13.8. The summed E-state index contributed by atoms with van der Waals surface area (Å²) in [4.78, 5) is 14.2. The minimum absolute atomic E-state index is 0.0850. The van der Waals surface area contributed by atoms with Gasteiger partial charge in [-0.05, 0) is 42.1 Å². The van der Waals surface area contributed by atoms with Gasteiger partial charge in [0.05, 0.1) is 5.56 Å². The predicted molar refractivity (Wildman–Crippen MR) is 83.9 cm³/mol. The molecule has 2 aliphatic rings. The second kappa shape index (κ2) is 7.21. The maximum atomic E-state index is 13.1. The van der Waals surface area contributed by atoms with Crippen LogP contribution in [0.25, 0.3) is 0 Å². The molecule has 3 rings (SSSR count). The van der Waals surface area contributed by atoms with E-state index in [0.29, 0.717) is 39.3 Å². The van der Waals surface area contributed by atoms with Crippen LogP contribution in [0.1, 0.15) is 29.0 Å². The number of hydrogen-bond acceptors (Lipinski definition) is 4. The Hall–Kier alpha value is -1.80. The van der Waals surface area contributed by atoms with Gasteiger partial charge in [-0.1, -0.05) is 6.07 Å². The first-order valence-corrected chi connectivity index (χ1v) is 8.43. The van der Waals surface area contributed by atoms with Crippen LogP contribution in [-0.4, -0.2) is 55.2 Å². The van der Waals surface area contributed by atoms with E-state index in [1.54, 1.807) is 6.07 Å². The number of nitrogens with one attached hydrogen (secondary N) is 1. The Morgan fingerprint density at radius 2 is 1.96 bits per heavy atom. The van der Waals surface area contributed by atoms with Crippen LogP contribution in [0.3, 0.4) is 0 Å². The van der Waals surface area contributed by atoms with E-state index in [1.165, 1.54) is 11.0 Å². The van der Waals surface area contributed by atoms with Crippen molar-refractivity contribution in [1.29, 1.82) is 0 Å². The lowest BCUT2D eigenvalue weighted by Gasteiger charge is -2.36. The molecule has 1 aromatic rings. The van der Waals surface area contributed by atoms with Crippen LogP contribution >= 0.6 is 0 Å². The van der Waals surface area contributed by atoms with Crippen molar-refractivity contribution in [3.05, 3.63) is 34.9 Å². The van der Waals surface area contributed by atoms with E-state index in [9.17, 15) is 23.1 Å². The number of nitrogens with zero attached hydrogens (tertiary/aromatic N) is 2. The maximum absolute atomic E-state index is 13.1. The van der Waals surface area contributed by atoms with Gasteiger partial charge in [0, 0.05) is 39.3 Å². The van der Waals surface area contributed by atoms with Crippen molar-refractivity contribution in [3.63, 3.8) is 0 Å². The van der Waals surface area contributed by atoms with Crippen LogP contribution < -0.4 is 10.4 Å². The van der Waals surface area contributed by atoms with Crippen molar-refractivity contribution in [2.75, 3.05) is 39.3 Å². The highest BCUT2D eigenvalue weighted by Gasteiger charge is 2.32. The van der Waals surface area contributed by atoms with Gasteiger partial charge in [0.15, 0.2) is 0 Å². The van der Waals surface area contributed by atoms with Crippen molar-refractivity contribution in [2.24, 2.45) is 0 Å². The molecule has 0 aromatic heterocycles. The summed E-state index contributed by atoms with van der Waals surface area (Å²) in [6, 6.07) is 3.99. The standard InChI is InChI=1S/C17H22F3N3O2/c18-17(19,20)14-2-1-13(15(9-14)12-3-4-21-10-12)11-22-5-7-23(8-6-22)16(24)25/h1-2,9,12,21H,3-8,10-11H2,(H,24,25)/p-1. The molecular formula is C17H21F3N3O2-. The van der Waals surface area contributed by atoms with Crippen LogP contribution in [0.15, 0.2) is 18.2 Å². The summed E-state index contributed by atoms with van der Waals surface area (Å²) in [6.45, 7) is 3.86. The first-order valence-electron chi connectivity index (χ1n) is 8.43. The van der Waals surface area contributed by atoms with Gasteiger partial charge in [-0.2, -0.15) is 13.2 Å². The Bertz CT molecular complexity index is 622. The molecule has 1 N–H and O–H groups in total. The van der Waals surface area contributed by atoms with E-state index < -0.39 is 17.8 Å². The summed E-state index contributed by atoms with van der Waals surface area (Å²) >= 11 is 0. The first-order chi connectivity index (χ1) is 11.8. The fraction of sp³-hybridized carbons (Fsp3) is 0.588. The number of amides is 1. The molecule has 1 aromatic carbocycles. The third-order valence-corrected chi connectivity index (χ3v) is 5.00. The molecule has 8 heteroatoms. The Morgan fingerprint density at radius 1 is 1.24 bits per heavy atom. The summed E-state index contributed by atoms with van der Waals surface area (Å²) in [5, 5.41) is 14.1. The SMILES string of the molecule is O=C([O-])N1CCN(Cc2ccc(C(F)(F)F)cc2C2CCNC2)CC1. The molecule has 2 fully saturated rings. The second-order valence-corrected chi connectivity index (χ2v) is 6.63. The third kappa shape index (κ3) is 4.24. The molecule has 0 radical (unpaired) electrons. The van der Waals surface area contributed by atoms with Gasteiger partial charge < -0.3 is 20.1 Å². The van der Waals surface area contributed by atoms with Gasteiger partial charge in [-0.25, -0.2) is 0 Å². The number of hydrogen-bond donors (Lipinski definition) is 1. The quantitative estimate of drug-likeness (QED) is 0.886. The second-order valence-electron chi connectivity index (χ2n) is 6.63. The van der Waals surface area contributed by atoms with Crippen LogP contribution in [-0.2, 0) is 12.7 Å². The first kappa shape index (κ1) is 18.0. The van der Waals surface area contributed by atoms with E-state index in [2.05, 4.69) is 10.2 Å². The van der Waals surface area contributed by atoms with Crippen LogP contribution in [0.5, 0.6) is 0 Å². The smallest absolute Gasteiger partial charge is 0.416 e. The van der Waals surface area contributed by atoms with Crippen molar-refractivity contribution in [1.82, 2.24) is 15.1 Å². The zero-order valence-electron chi connectivity index (χ0n) is 13.8. The van der Waals surface area contributed by atoms with E-state index in [0.717, 1.165) is 30.2 Å². The van der Waals surface area contributed by atoms with E-state index >= 15 is 0 Å². The average molecular weight is 356 g/mol. The molecule has 1 atom stereocenters.